The first-order valence-corrected chi connectivity index (χ1v) is 26.7. The SMILES string of the molecule is CCOP(=O)(OCC)C(Nc1ccc(CCCC(=O)OC2(CC)C(=O)OCc3c2cc2n(c3=O)Cc3c-2nc2ccc(OC(=O)N4CCC(N5CCCCC5)CC4)cc2c3CC)cc1)c1ccccc1. The number of amides is 1. The highest BCUT2D eigenvalue weighted by atomic mass is 31.2. The predicted octanol–water partition coefficient (Wildman–Crippen LogP) is 10.0. The summed E-state index contributed by atoms with van der Waals surface area (Å²) < 4.78 is 44.8. The van der Waals surface area contributed by atoms with E-state index in [1.807, 2.05) is 73.7 Å². The van der Waals surface area contributed by atoms with Gasteiger partial charge < -0.3 is 42.9 Å². The van der Waals surface area contributed by atoms with Gasteiger partial charge in [0.2, 0.25) is 5.60 Å². The number of likely N-dealkylation sites (tertiary alicyclic amines) is 2. The number of hydrogen-bond donors (Lipinski definition) is 1. The first-order valence-electron chi connectivity index (χ1n) is 25.1. The van der Waals surface area contributed by atoms with E-state index in [0.29, 0.717) is 66.6 Å². The summed E-state index contributed by atoms with van der Waals surface area (Å²) in [5.74, 6) is -1.60. The topological polar surface area (TPSA) is 168 Å². The van der Waals surface area contributed by atoms with Crippen molar-refractivity contribution in [2.24, 2.45) is 0 Å². The molecular formula is C54H64N5O10P. The summed E-state index contributed by atoms with van der Waals surface area (Å²) in [5.41, 5.74) is 4.58. The zero-order valence-corrected chi connectivity index (χ0v) is 41.6. The Morgan fingerprint density at radius 1 is 0.886 bits per heavy atom. The van der Waals surface area contributed by atoms with E-state index < -0.39 is 30.9 Å². The molecule has 1 N–H and O–H groups in total. The number of benzene rings is 3. The largest absolute Gasteiger partial charge is 0.457 e. The summed E-state index contributed by atoms with van der Waals surface area (Å²) in [4.78, 5) is 64.8. The smallest absolute Gasteiger partial charge is 0.415 e. The summed E-state index contributed by atoms with van der Waals surface area (Å²) in [6, 6.07) is 24.8. The number of nitrogens with zero attached hydrogens (tertiary/aromatic N) is 4. The van der Waals surface area contributed by atoms with Crippen LogP contribution in [0.15, 0.2) is 83.7 Å². The fraction of sp³-hybridized carbons (Fsp3) is 0.463. The zero-order valence-electron chi connectivity index (χ0n) is 40.7. The summed E-state index contributed by atoms with van der Waals surface area (Å²) in [7, 11) is -3.58. The maximum absolute atomic E-state index is 14.4. The molecule has 2 aromatic heterocycles. The van der Waals surface area contributed by atoms with Gasteiger partial charge in [-0.3, -0.25) is 14.2 Å². The highest BCUT2D eigenvalue weighted by Gasteiger charge is 2.50. The summed E-state index contributed by atoms with van der Waals surface area (Å²) in [6.45, 7) is 11.4. The van der Waals surface area contributed by atoms with Gasteiger partial charge in [-0.2, -0.15) is 0 Å². The average Bonchev–Trinajstić information content (AvgIpc) is 3.75. The number of piperidine rings is 2. The van der Waals surface area contributed by atoms with Crippen LogP contribution >= 0.6 is 7.60 Å². The fourth-order valence-corrected chi connectivity index (χ4v) is 12.7. The van der Waals surface area contributed by atoms with Gasteiger partial charge in [0.1, 0.15) is 12.4 Å². The van der Waals surface area contributed by atoms with Gasteiger partial charge in [-0.25, -0.2) is 14.6 Å². The second-order valence-electron chi connectivity index (χ2n) is 18.6. The van der Waals surface area contributed by atoms with Gasteiger partial charge in [-0.1, -0.05) is 62.7 Å². The molecule has 4 aliphatic rings. The van der Waals surface area contributed by atoms with Crippen molar-refractivity contribution in [3.05, 3.63) is 123 Å². The Hall–Kier alpha value is -5.86. The molecule has 70 heavy (non-hydrogen) atoms. The number of carbonyl (C=O) groups is 3. The molecule has 9 rings (SSSR count). The lowest BCUT2D eigenvalue weighted by molar-refractivity contribution is -0.189. The lowest BCUT2D eigenvalue weighted by atomic mass is 9.85. The van der Waals surface area contributed by atoms with E-state index in [4.69, 9.17) is 28.2 Å². The van der Waals surface area contributed by atoms with E-state index in [1.54, 1.807) is 42.4 Å². The standard InChI is InChI=1S/C54H64N5O10P/c1-5-41-42-32-40(68-53(63)58-30-26-39(27-31-58)57-28-13-10-14-29-57)24-25-46(42)56-49-43(41)34-59-47(49)33-45-44(51(59)61)35-65-52(62)54(45,6-2)69-48(60)19-15-16-36-20-22-38(23-21-36)55-50(37-17-11-9-12-18-37)70(64,66-7-3)67-8-4/h9,11-12,17-18,20-25,32-33,39,50,55H,5-8,10,13-16,19,26-31,34-35H2,1-4H3. The molecule has 0 bridgehead atoms. The van der Waals surface area contributed by atoms with Gasteiger partial charge in [0.05, 0.1) is 42.2 Å². The van der Waals surface area contributed by atoms with Crippen molar-refractivity contribution >= 4 is 42.2 Å². The number of anilines is 1. The van der Waals surface area contributed by atoms with Crippen LogP contribution in [-0.2, 0) is 64.3 Å². The van der Waals surface area contributed by atoms with E-state index >= 15 is 0 Å². The molecule has 16 heteroatoms. The first kappa shape index (κ1) is 49.1. The molecule has 2 fully saturated rings. The predicted molar refractivity (Wildman–Crippen MR) is 267 cm³/mol. The number of aryl methyl sites for hydroxylation is 2. The van der Waals surface area contributed by atoms with E-state index in [2.05, 4.69) is 10.2 Å². The summed E-state index contributed by atoms with van der Waals surface area (Å²) in [5, 5.41) is 4.20. The van der Waals surface area contributed by atoms with Crippen molar-refractivity contribution in [2.75, 3.05) is 44.7 Å². The number of pyridine rings is 2. The molecule has 4 aliphatic heterocycles. The van der Waals surface area contributed by atoms with E-state index in [9.17, 15) is 23.7 Å². The molecule has 6 heterocycles. The maximum atomic E-state index is 14.4. The van der Waals surface area contributed by atoms with Gasteiger partial charge in [-0.15, -0.1) is 0 Å². The molecular weight excluding hydrogens is 910 g/mol. The molecule has 370 valence electrons. The third-order valence-electron chi connectivity index (χ3n) is 14.4. The summed E-state index contributed by atoms with van der Waals surface area (Å²) in [6.07, 6.45) is 7.00. The van der Waals surface area contributed by atoms with Gasteiger partial charge in [0.15, 0.2) is 5.78 Å². The molecule has 3 aromatic carbocycles. The number of rotatable bonds is 17. The minimum atomic E-state index is -3.58. The van der Waals surface area contributed by atoms with E-state index in [-0.39, 0.29) is 56.4 Å². The van der Waals surface area contributed by atoms with Crippen LogP contribution in [0, 0.1) is 0 Å². The molecule has 2 atom stereocenters. The van der Waals surface area contributed by atoms with Crippen LogP contribution in [0.2, 0.25) is 0 Å². The second-order valence-corrected chi connectivity index (χ2v) is 20.7. The van der Waals surface area contributed by atoms with Crippen LogP contribution in [0.4, 0.5) is 10.5 Å². The third-order valence-corrected chi connectivity index (χ3v) is 16.7. The van der Waals surface area contributed by atoms with Gasteiger partial charge >= 0.3 is 25.6 Å². The summed E-state index contributed by atoms with van der Waals surface area (Å²) >= 11 is 0. The zero-order chi connectivity index (χ0) is 49.0. The number of nitrogens with one attached hydrogen (secondary N) is 1. The number of ether oxygens (including phenoxy) is 3. The Bertz CT molecular complexity index is 2830. The normalized spacial score (nSPS) is 18.7. The van der Waals surface area contributed by atoms with Crippen LogP contribution in [0.1, 0.15) is 118 Å². The quantitative estimate of drug-likeness (QED) is 0.0678. The lowest BCUT2D eigenvalue weighted by Gasteiger charge is -2.39. The molecule has 0 spiro atoms. The number of esters is 2. The lowest BCUT2D eigenvalue weighted by Crippen LogP contribution is -2.48. The van der Waals surface area contributed by atoms with Crippen molar-refractivity contribution in [2.45, 2.75) is 122 Å². The number of aromatic nitrogens is 2. The van der Waals surface area contributed by atoms with Crippen LogP contribution in [0.5, 0.6) is 5.75 Å². The number of cyclic esters (lactones) is 1. The molecule has 0 aliphatic carbocycles. The molecule has 0 radical (unpaired) electrons. The van der Waals surface area contributed by atoms with Crippen molar-refractivity contribution in [1.82, 2.24) is 19.4 Å². The van der Waals surface area contributed by atoms with E-state index in [1.165, 1.54) is 19.3 Å². The Kier molecular flexibility index (Phi) is 14.9. The van der Waals surface area contributed by atoms with Crippen molar-refractivity contribution in [3.63, 3.8) is 0 Å². The van der Waals surface area contributed by atoms with Crippen molar-refractivity contribution < 1.29 is 42.2 Å². The first-order chi connectivity index (χ1) is 34.0. The molecule has 5 aromatic rings. The fourth-order valence-electron chi connectivity index (χ4n) is 10.8. The second kappa shape index (κ2) is 21.2. The van der Waals surface area contributed by atoms with E-state index in [0.717, 1.165) is 59.3 Å². The van der Waals surface area contributed by atoms with Crippen LogP contribution in [-0.4, -0.2) is 82.8 Å². The minimum absolute atomic E-state index is 0.0149. The molecule has 0 saturated carbocycles. The molecule has 2 unspecified atom stereocenters. The number of hydrogen-bond acceptors (Lipinski definition) is 13. The number of fused-ring (bicyclic) bond motifs is 5. The monoisotopic (exact) mass is 973 g/mol. The third kappa shape index (κ3) is 9.78. The average molecular weight is 974 g/mol. The molecule has 1 amide bonds. The Labute approximate surface area is 409 Å². The highest BCUT2D eigenvalue weighted by Crippen LogP contribution is 2.60. The Morgan fingerprint density at radius 2 is 1.61 bits per heavy atom. The number of carbonyl (C=O) groups excluding carboxylic acids is 3. The van der Waals surface area contributed by atoms with Crippen LogP contribution in [0.3, 0.4) is 0 Å². The van der Waals surface area contributed by atoms with Gasteiger partial charge in [0.25, 0.3) is 5.56 Å². The van der Waals surface area contributed by atoms with Gasteiger partial charge in [-0.05, 0) is 131 Å². The maximum Gasteiger partial charge on any atom is 0.415 e. The minimum Gasteiger partial charge on any atom is -0.457 e. The Morgan fingerprint density at radius 3 is 2.30 bits per heavy atom. The van der Waals surface area contributed by atoms with Crippen molar-refractivity contribution in [3.8, 4) is 17.1 Å². The molecule has 2 saturated heterocycles. The van der Waals surface area contributed by atoms with Crippen molar-refractivity contribution in [1.29, 1.82) is 0 Å². The van der Waals surface area contributed by atoms with Crippen LogP contribution < -0.4 is 15.6 Å². The van der Waals surface area contributed by atoms with Crippen LogP contribution in [0.25, 0.3) is 22.3 Å². The van der Waals surface area contributed by atoms with Gasteiger partial charge in [0, 0.05) is 47.8 Å². The highest BCUT2D eigenvalue weighted by molar-refractivity contribution is 7.54. The Balaban J connectivity index is 0.884. The molecule has 15 nitrogen and oxygen atoms in total.